The summed E-state index contributed by atoms with van der Waals surface area (Å²) in [6, 6.07) is 4.94. The minimum Gasteiger partial charge on any atom is -0.208 e. The van der Waals surface area contributed by atoms with E-state index in [1.807, 2.05) is 0 Å². The predicted octanol–water partition coefficient (Wildman–Crippen LogP) is 3.99. The molecular weight excluding hydrogens is 305 g/mol. The summed E-state index contributed by atoms with van der Waals surface area (Å²) in [4.78, 5) is 3.96. The van der Waals surface area contributed by atoms with Crippen LogP contribution in [0.3, 0.4) is 0 Å². The molecule has 0 saturated carbocycles. The minimum absolute atomic E-state index is 0.294. The molecule has 0 bridgehead atoms. The van der Waals surface area contributed by atoms with Crippen molar-refractivity contribution in [2.24, 2.45) is 0 Å². The molecule has 0 saturated heterocycles. The van der Waals surface area contributed by atoms with Crippen molar-refractivity contribution in [3.05, 3.63) is 33.7 Å². The molecule has 1 aromatic heterocycles. The normalized spacial score (nSPS) is 11.8. The summed E-state index contributed by atoms with van der Waals surface area (Å²) in [5, 5.41) is 0. The van der Waals surface area contributed by atoms with Crippen LogP contribution in [0.25, 0.3) is 11.4 Å². The fraction of sp³-hybridized carbons (Fsp3) is 0.111. The Bertz CT molecular complexity index is 509. The number of aromatic nitrogens is 2. The molecule has 0 radical (unpaired) electrons. The van der Waals surface area contributed by atoms with Gasteiger partial charge in [-0.3, -0.25) is 0 Å². The molecular formula is C9H4BrF3N2S. The van der Waals surface area contributed by atoms with E-state index in [1.165, 1.54) is 6.07 Å². The quantitative estimate of drug-likeness (QED) is 0.796. The van der Waals surface area contributed by atoms with E-state index in [0.717, 1.165) is 23.7 Å². The summed E-state index contributed by atoms with van der Waals surface area (Å²) >= 11 is 4.20. The first-order chi connectivity index (χ1) is 7.47. The maximum atomic E-state index is 12.4. The van der Waals surface area contributed by atoms with Crippen LogP contribution in [0.2, 0.25) is 0 Å². The lowest BCUT2D eigenvalue weighted by Gasteiger charge is -2.06. The lowest BCUT2D eigenvalue weighted by Crippen LogP contribution is -2.04. The van der Waals surface area contributed by atoms with Crippen molar-refractivity contribution in [1.82, 2.24) is 9.36 Å². The van der Waals surface area contributed by atoms with Crippen molar-refractivity contribution in [2.75, 3.05) is 0 Å². The van der Waals surface area contributed by atoms with Crippen LogP contribution in [-0.2, 0) is 6.18 Å². The van der Waals surface area contributed by atoms with E-state index in [1.54, 1.807) is 6.07 Å². The Morgan fingerprint density at radius 3 is 2.56 bits per heavy atom. The number of hydrogen-bond donors (Lipinski definition) is 0. The average molecular weight is 309 g/mol. The number of halogens is 4. The molecule has 7 heteroatoms. The highest BCUT2D eigenvalue weighted by atomic mass is 79.9. The van der Waals surface area contributed by atoms with Crippen LogP contribution in [0.5, 0.6) is 0 Å². The maximum absolute atomic E-state index is 12.4. The summed E-state index contributed by atoms with van der Waals surface area (Å²) in [6.07, 6.45) is -4.34. The molecule has 0 aliphatic rings. The first kappa shape index (κ1) is 11.5. The number of hydrogen-bond acceptors (Lipinski definition) is 3. The second kappa shape index (κ2) is 4.14. The SMILES string of the molecule is FC(F)(F)c1cccc(-c2nsc(Br)n2)c1. The van der Waals surface area contributed by atoms with E-state index in [-0.39, 0.29) is 0 Å². The lowest BCUT2D eigenvalue weighted by molar-refractivity contribution is -0.137. The smallest absolute Gasteiger partial charge is 0.208 e. The molecule has 2 aromatic rings. The Hall–Kier alpha value is -0.950. The Morgan fingerprint density at radius 2 is 2.00 bits per heavy atom. The summed E-state index contributed by atoms with van der Waals surface area (Å²) in [6.45, 7) is 0. The number of rotatable bonds is 1. The second-order valence-electron chi connectivity index (χ2n) is 2.95. The number of benzene rings is 1. The minimum atomic E-state index is -4.34. The molecule has 0 aliphatic carbocycles. The molecule has 2 nitrogen and oxygen atoms in total. The molecule has 1 aromatic carbocycles. The zero-order valence-electron chi connectivity index (χ0n) is 7.62. The van der Waals surface area contributed by atoms with Gasteiger partial charge in [-0.2, -0.15) is 17.5 Å². The van der Waals surface area contributed by atoms with E-state index in [2.05, 4.69) is 25.3 Å². The van der Waals surface area contributed by atoms with Gasteiger partial charge in [-0.05, 0) is 39.6 Å². The highest BCUT2D eigenvalue weighted by molar-refractivity contribution is 9.11. The molecule has 84 valence electrons. The van der Waals surface area contributed by atoms with Crippen LogP contribution in [0.15, 0.2) is 28.2 Å². The Balaban J connectivity index is 2.44. The standard InChI is InChI=1S/C9H4BrF3N2S/c10-8-14-7(15-16-8)5-2-1-3-6(4-5)9(11,12)13/h1-4H. The average Bonchev–Trinajstić information content (AvgIpc) is 2.64. The summed E-state index contributed by atoms with van der Waals surface area (Å²) in [7, 11) is 0. The third kappa shape index (κ3) is 2.41. The predicted molar refractivity (Wildman–Crippen MR) is 58.0 cm³/mol. The molecule has 2 rings (SSSR count). The molecule has 1 heterocycles. The van der Waals surface area contributed by atoms with Gasteiger partial charge in [-0.1, -0.05) is 12.1 Å². The van der Waals surface area contributed by atoms with Crippen LogP contribution >= 0.6 is 27.5 Å². The Labute approximate surface area is 101 Å². The van der Waals surface area contributed by atoms with Crippen LogP contribution in [-0.4, -0.2) is 9.36 Å². The largest absolute Gasteiger partial charge is 0.416 e. The van der Waals surface area contributed by atoms with Gasteiger partial charge in [-0.15, -0.1) is 0 Å². The van der Waals surface area contributed by atoms with Gasteiger partial charge in [0.15, 0.2) is 9.74 Å². The molecule has 0 N–H and O–H groups in total. The summed E-state index contributed by atoms with van der Waals surface area (Å²) in [5.41, 5.74) is -0.340. The number of alkyl halides is 3. The van der Waals surface area contributed by atoms with Gasteiger partial charge >= 0.3 is 6.18 Å². The van der Waals surface area contributed by atoms with Gasteiger partial charge in [0.05, 0.1) is 5.56 Å². The van der Waals surface area contributed by atoms with Gasteiger partial charge in [0.1, 0.15) is 0 Å². The molecule has 0 amide bonds. The van der Waals surface area contributed by atoms with E-state index in [0.29, 0.717) is 15.3 Å². The third-order valence-corrected chi connectivity index (χ3v) is 2.97. The fourth-order valence-electron chi connectivity index (χ4n) is 1.16. The van der Waals surface area contributed by atoms with Crippen molar-refractivity contribution in [3.8, 4) is 11.4 Å². The van der Waals surface area contributed by atoms with Gasteiger partial charge in [0.25, 0.3) is 0 Å². The summed E-state index contributed by atoms with van der Waals surface area (Å²) in [5.74, 6) is 0.294. The first-order valence-electron chi connectivity index (χ1n) is 4.13. The highest BCUT2D eigenvalue weighted by Crippen LogP contribution is 2.31. The molecule has 0 aliphatic heterocycles. The van der Waals surface area contributed by atoms with E-state index in [4.69, 9.17) is 0 Å². The van der Waals surface area contributed by atoms with Crippen molar-refractivity contribution >= 4 is 27.5 Å². The van der Waals surface area contributed by atoms with Crippen LogP contribution < -0.4 is 0 Å². The summed E-state index contributed by atoms with van der Waals surface area (Å²) < 4.78 is 41.8. The van der Waals surface area contributed by atoms with E-state index < -0.39 is 11.7 Å². The zero-order chi connectivity index (χ0) is 11.8. The van der Waals surface area contributed by atoms with Crippen molar-refractivity contribution in [1.29, 1.82) is 0 Å². The Morgan fingerprint density at radius 1 is 1.25 bits per heavy atom. The topological polar surface area (TPSA) is 25.8 Å². The van der Waals surface area contributed by atoms with Gasteiger partial charge in [-0.25, -0.2) is 4.98 Å². The lowest BCUT2D eigenvalue weighted by atomic mass is 10.1. The van der Waals surface area contributed by atoms with Gasteiger partial charge in [0, 0.05) is 5.56 Å². The first-order valence-corrected chi connectivity index (χ1v) is 5.70. The van der Waals surface area contributed by atoms with Crippen molar-refractivity contribution < 1.29 is 13.2 Å². The zero-order valence-corrected chi connectivity index (χ0v) is 10.0. The molecule has 0 fully saturated rings. The molecule has 16 heavy (non-hydrogen) atoms. The molecule has 0 atom stereocenters. The van der Waals surface area contributed by atoms with Crippen LogP contribution in [0.4, 0.5) is 13.2 Å². The van der Waals surface area contributed by atoms with E-state index in [9.17, 15) is 13.2 Å². The Kier molecular flexibility index (Phi) is 2.98. The molecule has 0 unspecified atom stereocenters. The maximum Gasteiger partial charge on any atom is 0.416 e. The molecule has 0 spiro atoms. The second-order valence-corrected chi connectivity index (χ2v) is 4.98. The van der Waals surface area contributed by atoms with Crippen LogP contribution in [0.1, 0.15) is 5.56 Å². The van der Waals surface area contributed by atoms with Gasteiger partial charge < -0.3 is 0 Å². The van der Waals surface area contributed by atoms with Crippen molar-refractivity contribution in [2.45, 2.75) is 6.18 Å². The van der Waals surface area contributed by atoms with Crippen LogP contribution in [0, 0.1) is 0 Å². The fourth-order valence-corrected chi connectivity index (χ4v) is 1.98. The highest BCUT2D eigenvalue weighted by Gasteiger charge is 2.30. The van der Waals surface area contributed by atoms with E-state index >= 15 is 0 Å². The third-order valence-electron chi connectivity index (χ3n) is 1.85. The monoisotopic (exact) mass is 308 g/mol. The number of nitrogens with zero attached hydrogens (tertiary/aromatic N) is 2. The van der Waals surface area contributed by atoms with Gasteiger partial charge in [0.2, 0.25) is 0 Å². The van der Waals surface area contributed by atoms with Crippen molar-refractivity contribution in [3.63, 3.8) is 0 Å².